The van der Waals surface area contributed by atoms with Gasteiger partial charge in [0, 0.05) is 18.2 Å². The summed E-state index contributed by atoms with van der Waals surface area (Å²) >= 11 is 0. The maximum Gasteiger partial charge on any atom is 0.222 e. The maximum atomic E-state index is 11.8. The Morgan fingerprint density at radius 1 is 1.39 bits per heavy atom. The fourth-order valence-corrected chi connectivity index (χ4v) is 2.33. The van der Waals surface area contributed by atoms with Crippen molar-refractivity contribution in [3.05, 3.63) is 53.9 Å². The molecule has 0 aliphatic carbocycles. The van der Waals surface area contributed by atoms with Crippen LogP contribution in [-0.2, 0) is 0 Å². The largest absolute Gasteiger partial charge is 0.474 e. The molecule has 0 aliphatic heterocycles. The summed E-state index contributed by atoms with van der Waals surface area (Å²) < 4.78 is 10.9. The van der Waals surface area contributed by atoms with Crippen LogP contribution in [-0.4, -0.2) is 21.9 Å². The zero-order valence-corrected chi connectivity index (χ0v) is 13.8. The fourth-order valence-electron chi connectivity index (χ4n) is 2.33. The van der Waals surface area contributed by atoms with Crippen molar-refractivity contribution < 1.29 is 13.9 Å². The average molecular weight is 314 g/mol. The molecule has 0 aliphatic rings. The molecule has 1 atom stereocenters. The molecule has 122 valence electrons. The molecule has 0 N–H and O–H groups in total. The zero-order valence-electron chi connectivity index (χ0n) is 13.8. The van der Waals surface area contributed by atoms with Gasteiger partial charge in [-0.25, -0.2) is 9.97 Å². The molecule has 0 amide bonds. The molecule has 0 fully saturated rings. The molecule has 5 nitrogen and oxygen atoms in total. The van der Waals surface area contributed by atoms with E-state index < -0.39 is 0 Å². The van der Waals surface area contributed by atoms with Crippen LogP contribution in [0.4, 0.5) is 0 Å². The van der Waals surface area contributed by atoms with Crippen LogP contribution < -0.4 is 4.74 Å². The normalized spacial score (nSPS) is 12.5. The second-order valence-electron chi connectivity index (χ2n) is 5.52. The third kappa shape index (κ3) is 5.36. The Hall–Kier alpha value is -2.43. The van der Waals surface area contributed by atoms with Gasteiger partial charge in [0.05, 0.1) is 6.20 Å². The Balaban J connectivity index is 1.96. The number of allylic oxidation sites excluding steroid dienone is 1. The number of nitrogens with zero attached hydrogens (tertiary/aromatic N) is 2. The Morgan fingerprint density at radius 3 is 2.87 bits per heavy atom. The molecule has 2 aromatic heterocycles. The number of ether oxygens (including phenoxy) is 1. The van der Waals surface area contributed by atoms with Crippen molar-refractivity contribution >= 4 is 5.78 Å². The van der Waals surface area contributed by atoms with E-state index in [4.69, 9.17) is 9.15 Å². The first-order valence-electron chi connectivity index (χ1n) is 7.79. The number of hydrogen-bond acceptors (Lipinski definition) is 5. The first-order chi connectivity index (χ1) is 11.1. The molecule has 0 saturated carbocycles. The van der Waals surface area contributed by atoms with Gasteiger partial charge in [0.1, 0.15) is 6.10 Å². The van der Waals surface area contributed by atoms with Gasteiger partial charge in [-0.3, -0.25) is 4.79 Å². The van der Waals surface area contributed by atoms with Crippen molar-refractivity contribution in [3.8, 4) is 5.88 Å². The molecule has 0 saturated heterocycles. The first kappa shape index (κ1) is 16.9. The summed E-state index contributed by atoms with van der Waals surface area (Å²) in [6, 6.07) is 3.94. The van der Waals surface area contributed by atoms with Crippen LogP contribution in [0.25, 0.3) is 0 Å². The molecular weight excluding hydrogens is 292 g/mol. The summed E-state index contributed by atoms with van der Waals surface area (Å²) in [5.41, 5.74) is 2.06. The second-order valence-corrected chi connectivity index (χ2v) is 5.52. The molecule has 5 heteroatoms. The van der Waals surface area contributed by atoms with Crippen LogP contribution in [0.2, 0.25) is 0 Å². The summed E-state index contributed by atoms with van der Waals surface area (Å²) in [6.45, 7) is 6.08. The number of carbonyl (C=O) groups is 1. The van der Waals surface area contributed by atoms with E-state index in [1.165, 1.54) is 18.7 Å². The highest BCUT2D eigenvalue weighted by Crippen LogP contribution is 2.17. The van der Waals surface area contributed by atoms with Crippen molar-refractivity contribution in [1.29, 1.82) is 0 Å². The van der Waals surface area contributed by atoms with Crippen molar-refractivity contribution in [1.82, 2.24) is 9.97 Å². The molecule has 0 aromatic carbocycles. The quantitative estimate of drug-likeness (QED) is 0.543. The van der Waals surface area contributed by atoms with Crippen LogP contribution in [0.5, 0.6) is 5.88 Å². The van der Waals surface area contributed by atoms with Gasteiger partial charge in [0.2, 0.25) is 11.7 Å². The highest BCUT2D eigenvalue weighted by molar-refractivity contribution is 6.02. The van der Waals surface area contributed by atoms with Gasteiger partial charge in [-0.1, -0.05) is 19.4 Å². The summed E-state index contributed by atoms with van der Waals surface area (Å²) in [5.74, 6) is 0.684. The topological polar surface area (TPSA) is 65.2 Å². The van der Waals surface area contributed by atoms with Crippen LogP contribution in [0.1, 0.15) is 48.0 Å². The summed E-state index contributed by atoms with van der Waals surface area (Å²) in [6.07, 6.45) is 8.50. The smallest absolute Gasteiger partial charge is 0.222 e. The Bertz CT molecular complexity index is 643. The molecule has 2 heterocycles. The van der Waals surface area contributed by atoms with Gasteiger partial charge in [0.25, 0.3) is 0 Å². The number of oxazole rings is 1. The third-order valence-electron chi connectivity index (χ3n) is 3.32. The Kier molecular flexibility index (Phi) is 6.09. The average Bonchev–Trinajstić information content (AvgIpc) is 3.00. The van der Waals surface area contributed by atoms with E-state index in [0.717, 1.165) is 24.1 Å². The monoisotopic (exact) mass is 314 g/mol. The predicted molar refractivity (Wildman–Crippen MR) is 87.6 cm³/mol. The molecule has 0 bridgehead atoms. The molecule has 23 heavy (non-hydrogen) atoms. The lowest BCUT2D eigenvalue weighted by atomic mass is 10.1. The number of aryl methyl sites for hydroxylation is 2. The minimum Gasteiger partial charge on any atom is -0.474 e. The lowest BCUT2D eigenvalue weighted by molar-refractivity contribution is 0.102. The van der Waals surface area contributed by atoms with E-state index in [1.54, 1.807) is 0 Å². The van der Waals surface area contributed by atoms with Crippen LogP contribution >= 0.6 is 0 Å². The van der Waals surface area contributed by atoms with Gasteiger partial charge in [-0.15, -0.1) is 0 Å². The highest BCUT2D eigenvalue weighted by atomic mass is 16.5. The van der Waals surface area contributed by atoms with Gasteiger partial charge in [-0.05, 0) is 38.0 Å². The van der Waals surface area contributed by atoms with E-state index >= 15 is 0 Å². The van der Waals surface area contributed by atoms with Crippen molar-refractivity contribution in [2.24, 2.45) is 0 Å². The van der Waals surface area contributed by atoms with Crippen LogP contribution in [0, 0.1) is 13.8 Å². The predicted octanol–water partition coefficient (Wildman–Crippen LogP) is 4.06. The minimum absolute atomic E-state index is 0.00697. The van der Waals surface area contributed by atoms with E-state index in [0.29, 0.717) is 12.3 Å². The zero-order chi connectivity index (χ0) is 16.7. The van der Waals surface area contributed by atoms with Gasteiger partial charge in [-0.2, -0.15) is 0 Å². The van der Waals surface area contributed by atoms with E-state index in [-0.39, 0.29) is 17.6 Å². The molecule has 2 aromatic rings. The van der Waals surface area contributed by atoms with Crippen LogP contribution in [0.3, 0.4) is 0 Å². The van der Waals surface area contributed by atoms with E-state index in [2.05, 4.69) is 16.9 Å². The lowest BCUT2D eigenvalue weighted by Crippen LogP contribution is -2.16. The lowest BCUT2D eigenvalue weighted by Gasteiger charge is -2.17. The number of ketones is 1. The summed E-state index contributed by atoms with van der Waals surface area (Å²) in [5, 5.41) is 0. The molecule has 0 unspecified atom stereocenters. The van der Waals surface area contributed by atoms with Gasteiger partial charge in [0.15, 0.2) is 12.2 Å². The number of hydrogen-bond donors (Lipinski definition) is 0. The maximum absolute atomic E-state index is 11.8. The van der Waals surface area contributed by atoms with E-state index in [1.807, 2.05) is 32.1 Å². The Morgan fingerprint density at radius 2 is 2.22 bits per heavy atom. The SMILES string of the molecule is CCC[C@H](C/C=C/C(=O)c1cnco1)Oc1cc(C)cc(C)n1. The number of pyridine rings is 1. The van der Waals surface area contributed by atoms with Crippen molar-refractivity contribution in [3.63, 3.8) is 0 Å². The van der Waals surface area contributed by atoms with Crippen molar-refractivity contribution in [2.75, 3.05) is 0 Å². The standard InChI is InChI=1S/C18H22N2O3/c1-4-6-15(23-18-10-13(2)9-14(3)20-18)7-5-8-16(21)17-11-19-12-22-17/h5,8-12,15H,4,6-7H2,1-3H3/b8-5+/t15-/m1/s1. The van der Waals surface area contributed by atoms with Crippen molar-refractivity contribution in [2.45, 2.75) is 46.1 Å². The molecule has 2 rings (SSSR count). The number of aromatic nitrogens is 2. The third-order valence-corrected chi connectivity index (χ3v) is 3.32. The van der Waals surface area contributed by atoms with Gasteiger partial charge < -0.3 is 9.15 Å². The van der Waals surface area contributed by atoms with Gasteiger partial charge >= 0.3 is 0 Å². The first-order valence-corrected chi connectivity index (χ1v) is 7.79. The molecule has 0 radical (unpaired) electrons. The Labute approximate surface area is 136 Å². The van der Waals surface area contributed by atoms with Crippen LogP contribution in [0.15, 0.2) is 41.3 Å². The fraction of sp³-hybridized carbons (Fsp3) is 0.389. The number of carbonyl (C=O) groups excluding carboxylic acids is 1. The molecular formula is C18H22N2O3. The number of rotatable bonds is 8. The highest BCUT2D eigenvalue weighted by Gasteiger charge is 2.11. The minimum atomic E-state index is -0.192. The van der Waals surface area contributed by atoms with E-state index in [9.17, 15) is 4.79 Å². The second kappa shape index (κ2) is 8.27. The summed E-state index contributed by atoms with van der Waals surface area (Å²) in [4.78, 5) is 20.0. The summed E-state index contributed by atoms with van der Waals surface area (Å²) in [7, 11) is 0. The molecule has 0 spiro atoms.